The van der Waals surface area contributed by atoms with Gasteiger partial charge in [-0.2, -0.15) is 0 Å². The van der Waals surface area contributed by atoms with E-state index in [4.69, 9.17) is 0 Å². The van der Waals surface area contributed by atoms with Gasteiger partial charge in [0.15, 0.2) is 0 Å². The average molecular weight is 521 g/mol. The van der Waals surface area contributed by atoms with E-state index in [1.54, 1.807) is 60.7 Å². The molecule has 1 heterocycles. The van der Waals surface area contributed by atoms with Crippen molar-refractivity contribution in [2.24, 2.45) is 4.99 Å². The molecule has 192 valence electrons. The number of rotatable bonds is 10. The Bertz CT molecular complexity index is 1420. The molecule has 4 rings (SSSR count). The molecular weight excluding hydrogens is 492 g/mol. The molecule has 3 aromatic carbocycles. The lowest BCUT2D eigenvalue weighted by molar-refractivity contribution is -0.143. The van der Waals surface area contributed by atoms with Crippen LogP contribution < -0.4 is 0 Å². The Labute approximate surface area is 215 Å². The van der Waals surface area contributed by atoms with Gasteiger partial charge in [0.05, 0.1) is 10.5 Å². The lowest BCUT2D eigenvalue weighted by atomic mass is 9.98. The van der Waals surface area contributed by atoms with Crippen molar-refractivity contribution in [1.29, 1.82) is 0 Å². The van der Waals surface area contributed by atoms with E-state index in [0.29, 0.717) is 23.1 Å². The van der Waals surface area contributed by atoms with Gasteiger partial charge >= 0.3 is 11.9 Å². The van der Waals surface area contributed by atoms with Crippen molar-refractivity contribution in [3.05, 3.63) is 90.0 Å². The number of hydrogen-bond donors (Lipinski definition) is 2. The molecule has 2 atom stereocenters. The zero-order chi connectivity index (χ0) is 26.6. The Hall–Kier alpha value is -3.82. The number of nitrogens with zero attached hydrogens (tertiary/aromatic N) is 2. The summed E-state index contributed by atoms with van der Waals surface area (Å²) in [6.07, 6.45) is 2.56. The molecule has 0 aliphatic carbocycles. The lowest BCUT2D eigenvalue weighted by Crippen LogP contribution is -2.60. The summed E-state index contributed by atoms with van der Waals surface area (Å²) in [5.74, 6) is -2.55. The molecule has 0 saturated heterocycles. The van der Waals surface area contributed by atoms with E-state index in [0.717, 1.165) is 19.1 Å². The van der Waals surface area contributed by atoms with Crippen LogP contribution in [0.3, 0.4) is 0 Å². The molecule has 0 spiro atoms. The van der Waals surface area contributed by atoms with Crippen LogP contribution in [0.25, 0.3) is 11.1 Å². The quantitative estimate of drug-likeness (QED) is 0.397. The molecule has 0 fully saturated rings. The van der Waals surface area contributed by atoms with Gasteiger partial charge < -0.3 is 10.2 Å². The molecular formula is C28H28N2O6S. The summed E-state index contributed by atoms with van der Waals surface area (Å²) in [5.41, 5.74) is 2.08. The molecule has 2 N–H and O–H groups in total. The second-order valence-electron chi connectivity index (χ2n) is 8.89. The van der Waals surface area contributed by atoms with Crippen LogP contribution >= 0.6 is 0 Å². The standard InChI is InChI=1S/C28H28N2O6S/c1-2-3-13-25-29-19-28(27(33)34,37(35,36)22-9-5-4-6-10-22)30(25)18-20-14-16-21(17-15-20)23-11-7-8-12-24(23)26(31)32/h4-12,14-17,19,25H,2-3,13,18H2,1H3,(H,31,32)(H,33,34). The van der Waals surface area contributed by atoms with E-state index in [2.05, 4.69) is 4.99 Å². The third kappa shape index (κ3) is 4.80. The lowest BCUT2D eigenvalue weighted by Gasteiger charge is -2.35. The van der Waals surface area contributed by atoms with Crippen molar-refractivity contribution in [1.82, 2.24) is 4.90 Å². The first-order chi connectivity index (χ1) is 17.7. The molecule has 0 saturated carbocycles. The Morgan fingerprint density at radius 2 is 1.59 bits per heavy atom. The third-order valence-corrected chi connectivity index (χ3v) is 8.80. The number of carboxylic acid groups (broad SMARTS) is 2. The maximum Gasteiger partial charge on any atom is 0.346 e. The molecule has 1 aliphatic rings. The summed E-state index contributed by atoms with van der Waals surface area (Å²) < 4.78 is 27.6. The number of carboxylic acids is 2. The van der Waals surface area contributed by atoms with Crippen LogP contribution in [0.4, 0.5) is 0 Å². The average Bonchev–Trinajstić information content (AvgIpc) is 3.28. The first-order valence-corrected chi connectivity index (χ1v) is 13.5. The minimum absolute atomic E-state index is 0.0214. The van der Waals surface area contributed by atoms with Gasteiger partial charge in [-0.15, -0.1) is 0 Å². The number of aliphatic carboxylic acids is 1. The van der Waals surface area contributed by atoms with E-state index < -0.39 is 32.8 Å². The molecule has 9 heteroatoms. The van der Waals surface area contributed by atoms with Crippen LogP contribution in [-0.4, -0.2) is 52.7 Å². The fraction of sp³-hybridized carbons (Fsp3) is 0.250. The minimum Gasteiger partial charge on any atom is -0.479 e. The minimum atomic E-state index is -4.38. The summed E-state index contributed by atoms with van der Waals surface area (Å²) >= 11 is 0. The summed E-state index contributed by atoms with van der Waals surface area (Å²) in [4.78, 5) is 27.7. The van der Waals surface area contributed by atoms with Crippen LogP contribution in [0.15, 0.2) is 88.8 Å². The van der Waals surface area contributed by atoms with Crippen LogP contribution in [-0.2, 0) is 21.2 Å². The number of aromatic carboxylic acids is 1. The molecule has 0 amide bonds. The smallest absolute Gasteiger partial charge is 0.346 e. The zero-order valence-corrected chi connectivity index (χ0v) is 21.1. The predicted molar refractivity (Wildman–Crippen MR) is 140 cm³/mol. The van der Waals surface area contributed by atoms with Crippen molar-refractivity contribution in [3.63, 3.8) is 0 Å². The highest BCUT2D eigenvalue weighted by atomic mass is 32.2. The second-order valence-corrected chi connectivity index (χ2v) is 11.0. The number of aliphatic imine (C=N–C) groups is 1. The maximum absolute atomic E-state index is 13.8. The van der Waals surface area contributed by atoms with Crippen LogP contribution in [0.5, 0.6) is 0 Å². The van der Waals surface area contributed by atoms with Crippen LogP contribution in [0.1, 0.15) is 42.1 Å². The van der Waals surface area contributed by atoms with Crippen molar-refractivity contribution in [3.8, 4) is 11.1 Å². The summed E-state index contributed by atoms with van der Waals surface area (Å²) in [7, 11) is -4.38. The fourth-order valence-corrected chi connectivity index (χ4v) is 6.41. The largest absolute Gasteiger partial charge is 0.479 e. The topological polar surface area (TPSA) is 124 Å². The van der Waals surface area contributed by atoms with E-state index in [1.807, 2.05) is 6.92 Å². The highest BCUT2D eigenvalue weighted by Crippen LogP contribution is 2.37. The molecule has 8 nitrogen and oxygen atoms in total. The Morgan fingerprint density at radius 1 is 0.946 bits per heavy atom. The Kier molecular flexibility index (Phi) is 7.56. The van der Waals surface area contributed by atoms with Crippen molar-refractivity contribution >= 4 is 28.0 Å². The summed E-state index contributed by atoms with van der Waals surface area (Å²) in [6.45, 7) is 2.02. The van der Waals surface area contributed by atoms with Crippen molar-refractivity contribution in [2.45, 2.75) is 48.7 Å². The number of carbonyl (C=O) groups is 2. The van der Waals surface area contributed by atoms with E-state index in [9.17, 15) is 28.2 Å². The first-order valence-electron chi connectivity index (χ1n) is 12.0. The number of sulfone groups is 1. The molecule has 37 heavy (non-hydrogen) atoms. The number of unbranched alkanes of at least 4 members (excludes halogenated alkanes) is 1. The normalized spacial score (nSPS) is 19.6. The van der Waals surface area contributed by atoms with Gasteiger partial charge in [0.2, 0.25) is 9.84 Å². The Balaban J connectivity index is 1.74. The van der Waals surface area contributed by atoms with Gasteiger partial charge in [-0.25, -0.2) is 22.9 Å². The SMILES string of the molecule is CCCCC1N=CC(C(=O)O)(S(=O)(=O)c2ccccc2)N1Cc1ccc(-c2ccccc2C(=O)O)cc1. The second kappa shape index (κ2) is 10.7. The molecule has 0 bridgehead atoms. The maximum atomic E-state index is 13.8. The number of benzene rings is 3. The van der Waals surface area contributed by atoms with Crippen LogP contribution in [0.2, 0.25) is 0 Å². The number of hydrogen-bond acceptors (Lipinski definition) is 6. The van der Waals surface area contributed by atoms with E-state index in [-0.39, 0.29) is 17.0 Å². The Morgan fingerprint density at radius 3 is 2.22 bits per heavy atom. The highest BCUT2D eigenvalue weighted by Gasteiger charge is 2.60. The fourth-order valence-electron chi connectivity index (χ4n) is 4.61. The zero-order valence-electron chi connectivity index (χ0n) is 20.3. The monoisotopic (exact) mass is 520 g/mol. The van der Waals surface area contributed by atoms with E-state index in [1.165, 1.54) is 23.1 Å². The molecule has 0 radical (unpaired) electrons. The predicted octanol–water partition coefficient (Wildman–Crippen LogP) is 4.71. The molecule has 2 unspecified atom stereocenters. The molecule has 3 aromatic rings. The first kappa shape index (κ1) is 26.2. The van der Waals surface area contributed by atoms with Gasteiger partial charge in [-0.05, 0) is 41.3 Å². The van der Waals surface area contributed by atoms with Crippen molar-refractivity contribution < 1.29 is 28.2 Å². The van der Waals surface area contributed by atoms with Crippen LogP contribution in [0, 0.1) is 0 Å². The molecule has 0 aromatic heterocycles. The highest BCUT2D eigenvalue weighted by molar-refractivity contribution is 7.94. The summed E-state index contributed by atoms with van der Waals surface area (Å²) in [5, 5.41) is 19.9. The van der Waals surface area contributed by atoms with Gasteiger partial charge in [0.25, 0.3) is 4.87 Å². The summed E-state index contributed by atoms with van der Waals surface area (Å²) in [6, 6.07) is 21.2. The van der Waals surface area contributed by atoms with Crippen molar-refractivity contribution in [2.75, 3.05) is 0 Å². The van der Waals surface area contributed by atoms with Gasteiger partial charge in [-0.3, -0.25) is 4.99 Å². The van der Waals surface area contributed by atoms with Gasteiger partial charge in [0.1, 0.15) is 6.17 Å². The third-order valence-electron chi connectivity index (χ3n) is 6.57. The van der Waals surface area contributed by atoms with Gasteiger partial charge in [0, 0.05) is 12.8 Å². The molecule has 1 aliphatic heterocycles. The van der Waals surface area contributed by atoms with E-state index >= 15 is 0 Å². The van der Waals surface area contributed by atoms with Gasteiger partial charge in [-0.1, -0.05) is 80.4 Å².